The normalized spacial score (nSPS) is 13.8. The van der Waals surface area contributed by atoms with E-state index in [9.17, 15) is 4.79 Å². The number of amides is 1. The summed E-state index contributed by atoms with van der Waals surface area (Å²) < 4.78 is 14.5. The van der Waals surface area contributed by atoms with Crippen LogP contribution in [0.3, 0.4) is 0 Å². The molecule has 0 aliphatic carbocycles. The molecule has 0 atom stereocenters. The number of nitrogens with zero attached hydrogens (tertiary/aromatic N) is 5. The first-order valence-electron chi connectivity index (χ1n) is 9.82. The van der Waals surface area contributed by atoms with Crippen molar-refractivity contribution in [2.45, 2.75) is 13.5 Å². The molecule has 10 heteroatoms. The molecule has 0 radical (unpaired) electrons. The zero-order chi connectivity index (χ0) is 22.0. The van der Waals surface area contributed by atoms with Crippen LogP contribution in [0, 0.1) is 6.92 Å². The number of hydrazone groups is 1. The molecular formula is C21H23N6O3Tl. The fourth-order valence-corrected chi connectivity index (χ4v) is 4.52. The first-order valence-corrected chi connectivity index (χ1v) is 11.8. The van der Waals surface area contributed by atoms with Gasteiger partial charge in [-0.1, -0.05) is 0 Å². The van der Waals surface area contributed by atoms with E-state index in [0.717, 1.165) is 29.9 Å². The van der Waals surface area contributed by atoms with Crippen LogP contribution in [0.5, 0.6) is 5.75 Å². The molecular weight excluding hydrogens is 589 g/mol. The number of pyridine rings is 1. The standard InChI is InChI=1S/C21H24N6O3.Tl/c1-14-19(18-12-17(29-2)8-10-27(18)24-14)20(28)23-13-15-4-6-16(7-5-15)26-11-9-22-21(25-26)30-3;/h4-8,10,12H,9,11,13H2,1-3H3,(H2,22,23,25,28);/q;+1/p-1. The molecule has 0 saturated carbocycles. The van der Waals surface area contributed by atoms with Gasteiger partial charge in [-0.15, -0.1) is 0 Å². The number of amidine groups is 1. The van der Waals surface area contributed by atoms with Crippen molar-refractivity contribution in [3.05, 3.63) is 59.4 Å². The Morgan fingerprint density at radius 2 is 1.94 bits per heavy atom. The molecule has 158 valence electrons. The van der Waals surface area contributed by atoms with Gasteiger partial charge >= 0.3 is 133 Å². The Morgan fingerprint density at radius 3 is 2.65 bits per heavy atom. The molecule has 0 unspecified atom stereocenters. The second kappa shape index (κ2) is 9.12. The molecule has 1 N–H and O–H groups in total. The monoisotopic (exact) mass is 612 g/mol. The summed E-state index contributed by atoms with van der Waals surface area (Å²) in [4.78, 5) is 12.9. The summed E-state index contributed by atoms with van der Waals surface area (Å²) in [7, 11) is 3.25. The van der Waals surface area contributed by atoms with Crippen LogP contribution in [0.25, 0.3) is 5.52 Å². The minimum absolute atomic E-state index is 0.164. The Hall–Kier alpha value is -2.83. The van der Waals surface area contributed by atoms with Gasteiger partial charge in [0, 0.05) is 12.3 Å². The van der Waals surface area contributed by atoms with Gasteiger partial charge in [-0.05, 0) is 13.0 Å². The quantitative estimate of drug-likeness (QED) is 0.443. The van der Waals surface area contributed by atoms with Crippen LogP contribution < -0.4 is 15.1 Å². The van der Waals surface area contributed by atoms with E-state index in [2.05, 4.69) is 18.2 Å². The SMILES string of the molecule is COC1=NN(c2ccc(CNC(=O)c3c(C)nn4ccc(OC)cc34)cc2)CC[N]1[Tl]. The third-order valence-corrected chi connectivity index (χ3v) is 6.98. The number of carbonyl (C=O) groups excluding carboxylic acids is 1. The number of nitrogens with one attached hydrogen (secondary N) is 1. The first-order chi connectivity index (χ1) is 15.0. The number of carbonyl (C=O) groups is 1. The van der Waals surface area contributed by atoms with Crippen LogP contribution in [0.1, 0.15) is 21.6 Å². The van der Waals surface area contributed by atoms with Gasteiger partial charge < -0.3 is 4.74 Å². The van der Waals surface area contributed by atoms with E-state index in [0.29, 0.717) is 55.6 Å². The fraction of sp³-hybridized carbons (Fsp3) is 0.286. The van der Waals surface area contributed by atoms with Crippen molar-refractivity contribution in [1.29, 1.82) is 0 Å². The van der Waals surface area contributed by atoms with Crippen molar-refractivity contribution in [3.8, 4) is 5.75 Å². The van der Waals surface area contributed by atoms with Crippen LogP contribution in [-0.4, -0.2) is 77.6 Å². The number of aryl methyl sites for hydroxylation is 1. The van der Waals surface area contributed by atoms with Gasteiger partial charge in [0.2, 0.25) is 0 Å². The summed E-state index contributed by atoms with van der Waals surface area (Å²) in [5.41, 5.74) is 3.94. The molecule has 0 spiro atoms. The van der Waals surface area contributed by atoms with Crippen molar-refractivity contribution in [3.63, 3.8) is 0 Å². The van der Waals surface area contributed by atoms with E-state index >= 15 is 0 Å². The van der Waals surface area contributed by atoms with Gasteiger partial charge in [0.05, 0.1) is 18.3 Å². The number of hydrogen-bond donors (Lipinski definition) is 1. The molecule has 2 aromatic heterocycles. The molecule has 0 saturated heterocycles. The third kappa shape index (κ3) is 4.45. The number of fused-ring (bicyclic) bond motifs is 1. The molecule has 1 aliphatic rings. The summed E-state index contributed by atoms with van der Waals surface area (Å²) >= 11 is 0.662. The summed E-state index contributed by atoms with van der Waals surface area (Å²) in [6.07, 6.45) is 1.79. The van der Waals surface area contributed by atoms with Crippen LogP contribution >= 0.6 is 0 Å². The molecule has 1 aliphatic heterocycles. The minimum atomic E-state index is -0.164. The first kappa shape index (κ1) is 21.4. The van der Waals surface area contributed by atoms with E-state index < -0.39 is 0 Å². The Morgan fingerprint density at radius 1 is 1.16 bits per heavy atom. The van der Waals surface area contributed by atoms with Gasteiger partial charge in [0.15, 0.2) is 0 Å². The average Bonchev–Trinajstić information content (AvgIpc) is 3.13. The average molecular weight is 612 g/mol. The summed E-state index contributed by atoms with van der Waals surface area (Å²) in [5.74, 6) is 0.520. The maximum atomic E-state index is 12.9. The van der Waals surface area contributed by atoms with E-state index in [4.69, 9.17) is 9.47 Å². The van der Waals surface area contributed by atoms with Crippen molar-refractivity contribution in [2.75, 3.05) is 32.3 Å². The number of aromatic nitrogens is 2. The second-order valence-electron chi connectivity index (χ2n) is 7.11. The molecule has 31 heavy (non-hydrogen) atoms. The molecule has 1 amide bonds. The van der Waals surface area contributed by atoms with Gasteiger partial charge in [0.25, 0.3) is 0 Å². The molecule has 4 rings (SSSR count). The molecule has 1 aromatic carbocycles. The Labute approximate surface area is 196 Å². The van der Waals surface area contributed by atoms with Crippen molar-refractivity contribution < 1.29 is 14.3 Å². The summed E-state index contributed by atoms with van der Waals surface area (Å²) in [6.45, 7) is 3.97. The molecule has 0 fully saturated rings. The topological polar surface area (TPSA) is 83.7 Å². The summed E-state index contributed by atoms with van der Waals surface area (Å²) in [5, 5.41) is 13.9. The second-order valence-corrected chi connectivity index (χ2v) is 9.53. The van der Waals surface area contributed by atoms with Crippen LogP contribution in [-0.2, 0) is 11.3 Å². The van der Waals surface area contributed by atoms with Crippen molar-refractivity contribution in [2.24, 2.45) is 5.10 Å². The summed E-state index contributed by atoms with van der Waals surface area (Å²) in [6, 6.07) is 12.3. The fourth-order valence-electron chi connectivity index (χ4n) is 3.46. The zero-order valence-electron chi connectivity index (χ0n) is 17.7. The predicted molar refractivity (Wildman–Crippen MR) is 118 cm³/mol. The zero-order valence-corrected chi connectivity index (χ0v) is 22.2. The molecule has 9 nitrogen and oxygen atoms in total. The van der Waals surface area contributed by atoms with Gasteiger partial charge in [0.1, 0.15) is 5.75 Å². The van der Waals surface area contributed by atoms with Gasteiger partial charge in [-0.25, -0.2) is 4.52 Å². The molecule has 3 heterocycles. The predicted octanol–water partition coefficient (Wildman–Crippen LogP) is 1.70. The molecule has 0 bridgehead atoms. The van der Waals surface area contributed by atoms with E-state index in [1.807, 2.05) is 48.3 Å². The Kier molecular flexibility index (Phi) is 6.30. The van der Waals surface area contributed by atoms with E-state index in [1.54, 1.807) is 24.9 Å². The number of benzene rings is 1. The number of ether oxygens (including phenoxy) is 2. The van der Waals surface area contributed by atoms with Crippen LogP contribution in [0.2, 0.25) is 0 Å². The number of hydrogen-bond acceptors (Lipinski definition) is 7. The van der Waals surface area contributed by atoms with Crippen molar-refractivity contribution >= 4 is 49.2 Å². The number of rotatable bonds is 5. The van der Waals surface area contributed by atoms with E-state index in [-0.39, 0.29) is 5.91 Å². The number of methoxy groups -OCH3 is 2. The van der Waals surface area contributed by atoms with E-state index in [1.165, 1.54) is 0 Å². The third-order valence-electron chi connectivity index (χ3n) is 5.12. The maximum absolute atomic E-state index is 12.9. The van der Waals surface area contributed by atoms with Gasteiger partial charge in [-0.2, -0.15) is 5.10 Å². The van der Waals surface area contributed by atoms with Crippen LogP contribution in [0.15, 0.2) is 47.7 Å². The van der Waals surface area contributed by atoms with Crippen LogP contribution in [0.4, 0.5) is 5.69 Å². The molecule has 3 aromatic rings. The Balaban J connectivity index is 1.45. The van der Waals surface area contributed by atoms with Gasteiger partial charge in [-0.3, -0.25) is 0 Å². The van der Waals surface area contributed by atoms with Crippen molar-refractivity contribution in [1.82, 2.24) is 17.6 Å². The Bertz CT molecular complexity index is 1130. The number of anilines is 1.